The predicted octanol–water partition coefficient (Wildman–Crippen LogP) is 4.75. The lowest BCUT2D eigenvalue weighted by Crippen LogP contribution is -2.02. The molecule has 118 valence electrons. The van der Waals surface area contributed by atoms with Gasteiger partial charge in [-0.3, -0.25) is 0 Å². The van der Waals surface area contributed by atoms with Crippen LogP contribution in [0.4, 0.5) is 0 Å². The molecule has 0 amide bonds. The molecule has 0 atom stereocenters. The molecule has 0 aliphatic carbocycles. The van der Waals surface area contributed by atoms with Gasteiger partial charge in [0.1, 0.15) is 23.0 Å². The smallest absolute Gasteiger partial charge is 0.137 e. The fourth-order valence-electron chi connectivity index (χ4n) is 2.46. The summed E-state index contributed by atoms with van der Waals surface area (Å²) in [7, 11) is 0. The lowest BCUT2D eigenvalue weighted by atomic mass is 9.86. The fourth-order valence-corrected chi connectivity index (χ4v) is 2.80. The van der Waals surface area contributed by atoms with Crippen molar-refractivity contribution in [3.05, 3.63) is 45.4 Å². The van der Waals surface area contributed by atoms with Gasteiger partial charge < -0.3 is 20.4 Å². The van der Waals surface area contributed by atoms with Gasteiger partial charge in [-0.05, 0) is 18.6 Å². The van der Waals surface area contributed by atoms with E-state index >= 15 is 0 Å². The summed E-state index contributed by atoms with van der Waals surface area (Å²) < 4.78 is 0. The molecule has 6 heteroatoms. The standard InChI is InChI=1S/C16H16Cl2O4/c1-2-3-8(9-4-11(17)15(21)6-13(9)19)10-5-12(18)16(22)7-14(10)20/h4-8,19-22H,2-3H2,1H3. The van der Waals surface area contributed by atoms with Crippen LogP contribution < -0.4 is 0 Å². The van der Waals surface area contributed by atoms with Crippen molar-refractivity contribution in [2.24, 2.45) is 0 Å². The largest absolute Gasteiger partial charge is 0.508 e. The van der Waals surface area contributed by atoms with Crippen molar-refractivity contribution in [3.63, 3.8) is 0 Å². The normalized spacial score (nSPS) is 11.1. The van der Waals surface area contributed by atoms with E-state index in [1.54, 1.807) is 0 Å². The average molecular weight is 343 g/mol. The minimum atomic E-state index is -0.374. The third-order valence-electron chi connectivity index (χ3n) is 3.52. The van der Waals surface area contributed by atoms with E-state index in [0.29, 0.717) is 17.5 Å². The topological polar surface area (TPSA) is 80.9 Å². The molecule has 0 saturated carbocycles. The lowest BCUT2D eigenvalue weighted by Gasteiger charge is -2.21. The van der Waals surface area contributed by atoms with Gasteiger partial charge in [0, 0.05) is 29.2 Å². The number of hydrogen-bond donors (Lipinski definition) is 4. The third-order valence-corrected chi connectivity index (χ3v) is 4.13. The van der Waals surface area contributed by atoms with Gasteiger partial charge in [0.2, 0.25) is 0 Å². The third kappa shape index (κ3) is 3.18. The Bertz CT molecular complexity index is 644. The van der Waals surface area contributed by atoms with E-state index < -0.39 is 0 Å². The van der Waals surface area contributed by atoms with Crippen LogP contribution in [0.5, 0.6) is 23.0 Å². The van der Waals surface area contributed by atoms with Crippen molar-refractivity contribution < 1.29 is 20.4 Å². The average Bonchev–Trinajstić information content (AvgIpc) is 2.45. The Morgan fingerprint density at radius 1 is 0.773 bits per heavy atom. The molecule has 0 spiro atoms. The van der Waals surface area contributed by atoms with Crippen LogP contribution in [-0.4, -0.2) is 20.4 Å². The summed E-state index contributed by atoms with van der Waals surface area (Å²) in [5.41, 5.74) is 0.948. The first kappa shape index (κ1) is 16.6. The molecule has 0 saturated heterocycles. The second-order valence-corrected chi connectivity index (χ2v) is 5.88. The highest BCUT2D eigenvalue weighted by Gasteiger charge is 2.23. The highest BCUT2D eigenvalue weighted by Crippen LogP contribution is 2.44. The number of phenolic OH excluding ortho intramolecular Hbond substituents is 4. The maximum Gasteiger partial charge on any atom is 0.137 e. The van der Waals surface area contributed by atoms with E-state index in [9.17, 15) is 20.4 Å². The molecule has 2 aromatic carbocycles. The Labute approximate surface area is 138 Å². The first-order valence-corrected chi connectivity index (χ1v) is 7.53. The van der Waals surface area contributed by atoms with Crippen molar-refractivity contribution in [3.8, 4) is 23.0 Å². The van der Waals surface area contributed by atoms with E-state index in [1.807, 2.05) is 6.92 Å². The summed E-state index contributed by atoms with van der Waals surface area (Å²) in [5, 5.41) is 39.5. The maximum absolute atomic E-state index is 10.1. The Kier molecular flexibility index (Phi) is 4.94. The van der Waals surface area contributed by atoms with Gasteiger partial charge in [-0.25, -0.2) is 0 Å². The summed E-state index contributed by atoms with van der Waals surface area (Å²) in [5.74, 6) is -1.05. The molecule has 2 rings (SSSR count). The number of hydrogen-bond acceptors (Lipinski definition) is 4. The molecular weight excluding hydrogens is 327 g/mol. The van der Waals surface area contributed by atoms with Gasteiger partial charge in [-0.15, -0.1) is 0 Å². The van der Waals surface area contributed by atoms with E-state index in [1.165, 1.54) is 24.3 Å². The molecular formula is C16H16Cl2O4. The minimum Gasteiger partial charge on any atom is -0.508 e. The van der Waals surface area contributed by atoms with Gasteiger partial charge in [-0.2, -0.15) is 0 Å². The molecule has 0 aromatic heterocycles. The maximum atomic E-state index is 10.1. The van der Waals surface area contributed by atoms with Crippen molar-refractivity contribution in [1.29, 1.82) is 0 Å². The molecule has 0 heterocycles. The summed E-state index contributed by atoms with van der Waals surface area (Å²) in [4.78, 5) is 0. The quantitative estimate of drug-likeness (QED) is 0.646. The zero-order chi connectivity index (χ0) is 16.4. The molecule has 22 heavy (non-hydrogen) atoms. The lowest BCUT2D eigenvalue weighted by molar-refractivity contribution is 0.434. The molecule has 0 radical (unpaired) electrons. The summed E-state index contributed by atoms with van der Waals surface area (Å²) in [6.07, 6.45) is 1.39. The number of halogens is 2. The first-order chi connectivity index (χ1) is 10.3. The molecule has 0 aliphatic heterocycles. The minimum absolute atomic E-state index is 0.110. The summed E-state index contributed by atoms with van der Waals surface area (Å²) in [6.45, 7) is 1.96. The summed E-state index contributed by atoms with van der Waals surface area (Å²) in [6, 6.07) is 5.26. The number of aromatic hydroxyl groups is 4. The Morgan fingerprint density at radius 3 is 1.55 bits per heavy atom. The highest BCUT2D eigenvalue weighted by molar-refractivity contribution is 6.32. The van der Waals surface area contributed by atoms with Crippen LogP contribution >= 0.6 is 23.2 Å². The van der Waals surface area contributed by atoms with Gasteiger partial charge in [0.25, 0.3) is 0 Å². The molecule has 0 aliphatic rings. The molecule has 4 N–H and O–H groups in total. The van der Waals surface area contributed by atoms with Crippen LogP contribution in [0.2, 0.25) is 10.0 Å². The number of phenols is 4. The number of rotatable bonds is 4. The van der Waals surface area contributed by atoms with Crippen molar-refractivity contribution in [2.75, 3.05) is 0 Å². The predicted molar refractivity (Wildman–Crippen MR) is 86.3 cm³/mol. The highest BCUT2D eigenvalue weighted by atomic mass is 35.5. The molecule has 0 bridgehead atoms. The van der Waals surface area contributed by atoms with Crippen LogP contribution in [-0.2, 0) is 0 Å². The van der Waals surface area contributed by atoms with Crippen LogP contribution in [0.3, 0.4) is 0 Å². The Balaban J connectivity index is 2.61. The molecule has 4 nitrogen and oxygen atoms in total. The Hall–Kier alpha value is -1.78. The van der Waals surface area contributed by atoms with Crippen LogP contribution in [0.1, 0.15) is 36.8 Å². The van der Waals surface area contributed by atoms with E-state index in [-0.39, 0.29) is 39.0 Å². The van der Waals surface area contributed by atoms with E-state index in [0.717, 1.165) is 6.42 Å². The van der Waals surface area contributed by atoms with Crippen LogP contribution in [0.25, 0.3) is 0 Å². The summed E-state index contributed by atoms with van der Waals surface area (Å²) >= 11 is 11.8. The molecule has 0 unspecified atom stereocenters. The van der Waals surface area contributed by atoms with E-state index in [2.05, 4.69) is 0 Å². The van der Waals surface area contributed by atoms with Crippen LogP contribution in [0, 0.1) is 0 Å². The van der Waals surface area contributed by atoms with Gasteiger partial charge >= 0.3 is 0 Å². The second kappa shape index (κ2) is 6.55. The zero-order valence-electron chi connectivity index (χ0n) is 11.8. The van der Waals surface area contributed by atoms with Crippen molar-refractivity contribution in [1.82, 2.24) is 0 Å². The number of benzene rings is 2. The fraction of sp³-hybridized carbons (Fsp3) is 0.250. The zero-order valence-corrected chi connectivity index (χ0v) is 13.4. The van der Waals surface area contributed by atoms with Crippen molar-refractivity contribution >= 4 is 23.2 Å². The van der Waals surface area contributed by atoms with Crippen molar-refractivity contribution in [2.45, 2.75) is 25.7 Å². The second-order valence-electron chi connectivity index (χ2n) is 5.07. The molecule has 2 aromatic rings. The van der Waals surface area contributed by atoms with Crippen LogP contribution in [0.15, 0.2) is 24.3 Å². The Morgan fingerprint density at radius 2 is 1.18 bits per heavy atom. The molecule has 0 fully saturated rings. The monoisotopic (exact) mass is 342 g/mol. The van der Waals surface area contributed by atoms with Gasteiger partial charge in [0.05, 0.1) is 10.0 Å². The SMILES string of the molecule is CCCC(c1cc(Cl)c(O)cc1O)c1cc(Cl)c(O)cc1O. The van der Waals surface area contributed by atoms with Gasteiger partial charge in [0.15, 0.2) is 0 Å². The first-order valence-electron chi connectivity index (χ1n) is 6.77. The van der Waals surface area contributed by atoms with E-state index in [4.69, 9.17) is 23.2 Å². The van der Waals surface area contributed by atoms with Gasteiger partial charge in [-0.1, -0.05) is 36.5 Å².